The van der Waals surface area contributed by atoms with E-state index in [0.717, 1.165) is 33.0 Å². The van der Waals surface area contributed by atoms with Crippen LogP contribution in [-0.4, -0.2) is 25.2 Å². The molecule has 0 bridgehead atoms. The Balaban J connectivity index is 1.00. The quantitative estimate of drug-likeness (QED) is 0.124. The van der Waals surface area contributed by atoms with Gasteiger partial charge < -0.3 is 9.47 Å². The molecule has 0 atom stereocenters. The van der Waals surface area contributed by atoms with Crippen LogP contribution in [0.1, 0.15) is 43.0 Å². The lowest BCUT2D eigenvalue weighted by Gasteiger charge is -2.17. The lowest BCUT2D eigenvalue weighted by atomic mass is 10.0. The highest BCUT2D eigenvalue weighted by atomic mass is 35.5. The van der Waals surface area contributed by atoms with Gasteiger partial charge in [0.2, 0.25) is 0 Å². The summed E-state index contributed by atoms with van der Waals surface area (Å²) in [4.78, 5) is 25.9. The van der Waals surface area contributed by atoms with E-state index >= 15 is 0 Å². The molecule has 7 rings (SSSR count). The van der Waals surface area contributed by atoms with Crippen LogP contribution in [0.25, 0.3) is 32.7 Å². The second kappa shape index (κ2) is 12.0. The highest BCUT2D eigenvalue weighted by Gasteiger charge is 2.41. The Bertz CT molecular complexity index is 1950. The highest BCUT2D eigenvalue weighted by molar-refractivity contribution is 6.51. The van der Waals surface area contributed by atoms with Gasteiger partial charge in [-0.2, -0.15) is 0 Å². The van der Waals surface area contributed by atoms with Crippen LogP contribution in [0, 0.1) is 0 Å². The van der Waals surface area contributed by atoms with Crippen molar-refractivity contribution < 1.29 is 19.1 Å². The Morgan fingerprint density at radius 3 is 1.38 bits per heavy atom. The van der Waals surface area contributed by atoms with E-state index in [-0.39, 0.29) is 13.2 Å². The van der Waals surface area contributed by atoms with Gasteiger partial charge in [-0.05, 0) is 68.1 Å². The van der Waals surface area contributed by atoms with Crippen molar-refractivity contribution in [3.05, 3.63) is 155 Å². The fraction of sp³-hybridized carbons (Fsp3) is 0.128. The molecule has 0 aliphatic heterocycles. The predicted molar refractivity (Wildman–Crippen MR) is 180 cm³/mol. The van der Waals surface area contributed by atoms with Crippen molar-refractivity contribution in [2.24, 2.45) is 0 Å². The molecule has 4 nitrogen and oxygen atoms in total. The average molecular weight is 632 g/mol. The third-order valence-electron chi connectivity index (χ3n) is 8.35. The van der Waals surface area contributed by atoms with Crippen LogP contribution in [-0.2, 0) is 26.6 Å². The summed E-state index contributed by atoms with van der Waals surface area (Å²) in [5.41, 5.74) is 5.66. The van der Waals surface area contributed by atoms with Gasteiger partial charge in [-0.3, -0.25) is 0 Å². The van der Waals surface area contributed by atoms with Crippen LogP contribution < -0.4 is 0 Å². The second-order valence-corrected chi connectivity index (χ2v) is 12.6. The van der Waals surface area contributed by atoms with Crippen LogP contribution in [0.15, 0.2) is 121 Å². The van der Waals surface area contributed by atoms with Gasteiger partial charge in [-0.25, -0.2) is 9.59 Å². The van der Waals surface area contributed by atoms with Crippen molar-refractivity contribution in [1.82, 2.24) is 0 Å². The zero-order valence-electron chi connectivity index (χ0n) is 24.3. The smallest absolute Gasteiger partial charge is 0.338 e. The predicted octanol–water partition coefficient (Wildman–Crippen LogP) is 9.45. The first-order chi connectivity index (χ1) is 21.9. The van der Waals surface area contributed by atoms with Gasteiger partial charge in [0.15, 0.2) is 4.33 Å². The van der Waals surface area contributed by atoms with Crippen molar-refractivity contribution in [3.63, 3.8) is 0 Å². The molecule has 0 aromatic heterocycles. The zero-order valence-corrected chi connectivity index (χ0v) is 25.8. The standard InChI is InChI=1S/C39H28Cl2O4/c40-39(41)35-23-31(37(42)44-19-17-25-9-11-27-5-1-3-7-29(27)21-25)13-15-33(35)34-16-14-32(24-36(34)39)38(43)45-20-18-26-10-12-28-6-2-4-8-30(28)22-26/h1-16,21-24H,17-20H2. The first kappa shape index (κ1) is 29.1. The molecule has 0 fully saturated rings. The summed E-state index contributed by atoms with van der Waals surface area (Å²) < 4.78 is 9.76. The van der Waals surface area contributed by atoms with Gasteiger partial charge in [-0.1, -0.05) is 120 Å². The Hall–Kier alpha value is -4.64. The zero-order chi connectivity index (χ0) is 31.0. The molecule has 0 radical (unpaired) electrons. The molecule has 6 heteroatoms. The maximum absolute atomic E-state index is 13.0. The van der Waals surface area contributed by atoms with Crippen molar-refractivity contribution >= 4 is 56.7 Å². The van der Waals surface area contributed by atoms with Crippen molar-refractivity contribution in [2.75, 3.05) is 13.2 Å². The van der Waals surface area contributed by atoms with Gasteiger partial charge in [0.05, 0.1) is 24.3 Å². The molecule has 0 saturated carbocycles. The molecule has 1 aliphatic rings. The number of fused-ring (bicyclic) bond motifs is 5. The van der Waals surface area contributed by atoms with Crippen LogP contribution in [0.2, 0.25) is 0 Å². The third kappa shape index (κ3) is 5.80. The third-order valence-corrected chi connectivity index (χ3v) is 9.17. The van der Waals surface area contributed by atoms with Crippen LogP contribution in [0.3, 0.4) is 0 Å². The highest BCUT2D eigenvalue weighted by Crippen LogP contribution is 2.54. The molecule has 0 saturated heterocycles. The number of hydrogen-bond donors (Lipinski definition) is 0. The molecule has 45 heavy (non-hydrogen) atoms. The molecule has 222 valence electrons. The molecular weight excluding hydrogens is 603 g/mol. The summed E-state index contributed by atoms with van der Waals surface area (Å²) in [5, 5.41) is 4.64. The molecule has 1 aliphatic carbocycles. The number of carbonyl (C=O) groups is 2. The van der Waals surface area contributed by atoms with E-state index in [1.807, 2.05) is 48.5 Å². The first-order valence-corrected chi connectivity index (χ1v) is 15.6. The van der Waals surface area contributed by atoms with Gasteiger partial charge in [0, 0.05) is 24.0 Å². The summed E-state index contributed by atoms with van der Waals surface area (Å²) >= 11 is 13.8. The molecule has 6 aromatic rings. The van der Waals surface area contributed by atoms with Crippen LogP contribution in [0.5, 0.6) is 0 Å². The SMILES string of the molecule is O=C(OCCc1ccc2ccccc2c1)c1ccc2c(c1)C(Cl)(Cl)c1cc(C(=O)OCCc3ccc4ccccc4c3)ccc1-2. The van der Waals surface area contributed by atoms with Gasteiger partial charge >= 0.3 is 11.9 Å². The second-order valence-electron chi connectivity index (χ2n) is 11.2. The average Bonchev–Trinajstić information content (AvgIpc) is 3.29. The van der Waals surface area contributed by atoms with E-state index in [0.29, 0.717) is 35.1 Å². The number of alkyl halides is 2. The summed E-state index contributed by atoms with van der Waals surface area (Å²) in [6.45, 7) is 0.488. The van der Waals surface area contributed by atoms with E-state index in [2.05, 4.69) is 48.5 Å². The fourth-order valence-electron chi connectivity index (χ4n) is 5.96. The molecule has 0 spiro atoms. The summed E-state index contributed by atoms with van der Waals surface area (Å²) in [6.07, 6.45) is 1.20. The largest absolute Gasteiger partial charge is 0.462 e. The number of esters is 2. The van der Waals surface area contributed by atoms with Crippen LogP contribution >= 0.6 is 23.2 Å². The first-order valence-electron chi connectivity index (χ1n) is 14.8. The van der Waals surface area contributed by atoms with Gasteiger partial charge in [-0.15, -0.1) is 0 Å². The minimum atomic E-state index is -1.45. The van der Waals surface area contributed by atoms with Gasteiger partial charge in [0.1, 0.15) is 0 Å². The van der Waals surface area contributed by atoms with E-state index in [9.17, 15) is 9.59 Å². The maximum Gasteiger partial charge on any atom is 0.338 e. The van der Waals surface area contributed by atoms with E-state index in [4.69, 9.17) is 32.7 Å². The van der Waals surface area contributed by atoms with Crippen LogP contribution in [0.4, 0.5) is 0 Å². The minimum absolute atomic E-state index is 0.244. The number of hydrogen-bond acceptors (Lipinski definition) is 4. The molecule has 0 unspecified atom stereocenters. The Labute approximate surface area is 271 Å². The minimum Gasteiger partial charge on any atom is -0.462 e. The summed E-state index contributed by atoms with van der Waals surface area (Å²) in [5.74, 6) is -0.899. The number of halogens is 2. The van der Waals surface area contributed by atoms with Gasteiger partial charge in [0.25, 0.3) is 0 Å². The maximum atomic E-state index is 13.0. The fourth-order valence-corrected chi connectivity index (χ4v) is 6.58. The molecule has 0 heterocycles. The number of rotatable bonds is 8. The van der Waals surface area contributed by atoms with E-state index in [1.54, 1.807) is 24.3 Å². The number of benzene rings is 6. The molecule has 0 amide bonds. The lowest BCUT2D eigenvalue weighted by Crippen LogP contribution is -2.13. The van der Waals surface area contributed by atoms with Crippen molar-refractivity contribution in [3.8, 4) is 11.1 Å². The van der Waals surface area contributed by atoms with Crippen molar-refractivity contribution in [1.29, 1.82) is 0 Å². The summed E-state index contributed by atoms with van der Waals surface area (Å²) in [6, 6.07) is 39.2. The Morgan fingerprint density at radius 2 is 0.933 bits per heavy atom. The van der Waals surface area contributed by atoms with E-state index in [1.165, 1.54) is 10.8 Å². The monoisotopic (exact) mass is 630 g/mol. The van der Waals surface area contributed by atoms with Crippen molar-refractivity contribution in [2.45, 2.75) is 17.2 Å². The molecular formula is C39H28Cl2O4. The number of ether oxygens (including phenoxy) is 2. The topological polar surface area (TPSA) is 52.6 Å². The number of carbonyl (C=O) groups excluding carboxylic acids is 2. The molecule has 0 N–H and O–H groups in total. The summed E-state index contributed by atoms with van der Waals surface area (Å²) in [7, 11) is 0. The molecule has 6 aromatic carbocycles. The lowest BCUT2D eigenvalue weighted by molar-refractivity contribution is 0.0500. The Morgan fingerprint density at radius 1 is 0.511 bits per heavy atom. The Kier molecular flexibility index (Phi) is 7.78. The normalized spacial score (nSPS) is 12.9. The van der Waals surface area contributed by atoms with E-state index < -0.39 is 16.3 Å².